The predicted octanol–water partition coefficient (Wildman–Crippen LogP) is 3.86. The summed E-state index contributed by atoms with van der Waals surface area (Å²) in [6, 6.07) is 16.7. The van der Waals surface area contributed by atoms with Crippen LogP contribution in [-0.4, -0.2) is 19.3 Å². The van der Waals surface area contributed by atoms with Crippen LogP contribution in [0.4, 0.5) is 0 Å². The lowest BCUT2D eigenvalue weighted by Crippen LogP contribution is -2.33. The molecule has 114 valence electrons. The second-order valence-corrected chi connectivity index (χ2v) is 7.41. The Bertz CT molecular complexity index is 797. The summed E-state index contributed by atoms with van der Waals surface area (Å²) < 4.78 is 27.7. The van der Waals surface area contributed by atoms with Gasteiger partial charge in [0.2, 0.25) is 10.0 Å². The molecule has 1 heterocycles. The summed E-state index contributed by atoms with van der Waals surface area (Å²) in [5.41, 5.74) is 2.61. The molecule has 0 unspecified atom stereocenters. The van der Waals surface area contributed by atoms with Gasteiger partial charge >= 0.3 is 0 Å². The van der Waals surface area contributed by atoms with Crippen LogP contribution in [0.3, 0.4) is 0 Å². The first-order valence-corrected chi connectivity index (χ1v) is 8.80. The van der Waals surface area contributed by atoms with E-state index >= 15 is 0 Å². The van der Waals surface area contributed by atoms with Crippen molar-refractivity contribution in [3.8, 4) is 0 Å². The van der Waals surface area contributed by atoms with E-state index in [4.69, 9.17) is 0 Å². The van der Waals surface area contributed by atoms with Crippen molar-refractivity contribution in [3.63, 3.8) is 0 Å². The summed E-state index contributed by atoms with van der Waals surface area (Å²) in [7, 11) is -3.53. The average molecular weight is 313 g/mol. The van der Waals surface area contributed by atoms with Gasteiger partial charge in [-0.25, -0.2) is 8.42 Å². The predicted molar refractivity (Wildman–Crippen MR) is 88.8 cm³/mol. The summed E-state index contributed by atoms with van der Waals surface area (Å²) in [6.45, 7) is 6.44. The minimum Gasteiger partial charge on any atom is -0.207 e. The van der Waals surface area contributed by atoms with Crippen LogP contribution in [0.25, 0.3) is 5.57 Å². The molecule has 1 atom stereocenters. The largest absolute Gasteiger partial charge is 0.244 e. The van der Waals surface area contributed by atoms with E-state index in [0.717, 1.165) is 16.7 Å². The molecule has 3 nitrogen and oxygen atoms in total. The van der Waals surface area contributed by atoms with Gasteiger partial charge in [0.1, 0.15) is 0 Å². The Morgan fingerprint density at radius 3 is 2.41 bits per heavy atom. The van der Waals surface area contributed by atoms with Crippen molar-refractivity contribution in [3.05, 3.63) is 72.3 Å². The number of hydrogen-bond donors (Lipinski definition) is 0. The molecule has 0 spiro atoms. The zero-order valence-corrected chi connectivity index (χ0v) is 13.4. The molecule has 1 aliphatic rings. The van der Waals surface area contributed by atoms with Crippen LogP contribution < -0.4 is 0 Å². The van der Waals surface area contributed by atoms with Crippen molar-refractivity contribution in [1.82, 2.24) is 4.31 Å². The van der Waals surface area contributed by atoms with E-state index in [1.165, 1.54) is 0 Å². The Labute approximate surface area is 132 Å². The van der Waals surface area contributed by atoms with Gasteiger partial charge in [-0.2, -0.15) is 4.31 Å². The smallest absolute Gasteiger partial charge is 0.207 e. The first kappa shape index (κ1) is 15.0. The standard InChI is InChI=1S/C18H19NO2S/c1-14-12-13-19(15(2)16-8-4-3-5-9-16)22(20,21)18-11-7-6-10-17(14)18/h3-11,15H,1,12-13H2,2H3/t15-/m0/s1. The first-order chi connectivity index (χ1) is 10.5. The zero-order chi connectivity index (χ0) is 15.7. The number of fused-ring (bicyclic) bond motifs is 1. The van der Waals surface area contributed by atoms with Gasteiger partial charge in [-0.1, -0.05) is 55.1 Å². The highest BCUT2D eigenvalue weighted by atomic mass is 32.2. The Kier molecular flexibility index (Phi) is 3.89. The molecule has 1 aliphatic heterocycles. The SMILES string of the molecule is C=C1CCN([C@@H](C)c2ccccc2)S(=O)(=O)c2ccccc21. The van der Waals surface area contributed by atoms with Crippen LogP contribution in [0.2, 0.25) is 0 Å². The fourth-order valence-corrected chi connectivity index (χ4v) is 4.77. The molecular weight excluding hydrogens is 294 g/mol. The second-order valence-electron chi connectivity index (χ2n) is 5.55. The van der Waals surface area contributed by atoms with Crippen molar-refractivity contribution >= 4 is 15.6 Å². The molecule has 0 saturated heterocycles. The molecule has 0 fully saturated rings. The van der Waals surface area contributed by atoms with Gasteiger partial charge in [0.15, 0.2) is 0 Å². The highest BCUT2D eigenvalue weighted by molar-refractivity contribution is 7.89. The molecule has 22 heavy (non-hydrogen) atoms. The van der Waals surface area contributed by atoms with Crippen molar-refractivity contribution in [2.45, 2.75) is 24.3 Å². The summed E-state index contributed by atoms with van der Waals surface area (Å²) in [6.07, 6.45) is 0.646. The molecule has 3 rings (SSSR count). The van der Waals surface area contributed by atoms with E-state index in [-0.39, 0.29) is 6.04 Å². The van der Waals surface area contributed by atoms with Gasteiger partial charge in [-0.3, -0.25) is 0 Å². The molecule has 4 heteroatoms. The molecule has 0 bridgehead atoms. The Morgan fingerprint density at radius 1 is 1.05 bits per heavy atom. The van der Waals surface area contributed by atoms with E-state index in [9.17, 15) is 8.42 Å². The van der Waals surface area contributed by atoms with Crippen LogP contribution in [0.5, 0.6) is 0 Å². The van der Waals surface area contributed by atoms with E-state index in [1.54, 1.807) is 16.4 Å². The van der Waals surface area contributed by atoms with Crippen LogP contribution in [0.1, 0.15) is 30.5 Å². The number of benzene rings is 2. The molecular formula is C18H19NO2S. The Balaban J connectivity index is 2.10. The third-order valence-electron chi connectivity index (χ3n) is 4.20. The number of nitrogens with zero attached hydrogens (tertiary/aromatic N) is 1. The van der Waals surface area contributed by atoms with Crippen LogP contribution in [-0.2, 0) is 10.0 Å². The number of sulfonamides is 1. The van der Waals surface area contributed by atoms with Crippen molar-refractivity contribution < 1.29 is 8.42 Å². The van der Waals surface area contributed by atoms with Crippen molar-refractivity contribution in [2.24, 2.45) is 0 Å². The summed E-state index contributed by atoms with van der Waals surface area (Å²) >= 11 is 0. The highest BCUT2D eigenvalue weighted by Crippen LogP contribution is 2.35. The van der Waals surface area contributed by atoms with Gasteiger partial charge in [-0.05, 0) is 36.1 Å². The average Bonchev–Trinajstić information content (AvgIpc) is 2.64. The van der Waals surface area contributed by atoms with Gasteiger partial charge in [0.25, 0.3) is 0 Å². The van der Waals surface area contributed by atoms with Gasteiger partial charge in [-0.15, -0.1) is 0 Å². The van der Waals surface area contributed by atoms with Crippen molar-refractivity contribution in [2.75, 3.05) is 6.54 Å². The molecule has 0 N–H and O–H groups in total. The molecule has 0 aromatic heterocycles. The first-order valence-electron chi connectivity index (χ1n) is 7.36. The molecule has 0 aliphatic carbocycles. The molecule has 2 aromatic carbocycles. The fourth-order valence-electron chi connectivity index (χ4n) is 2.91. The molecule has 0 saturated carbocycles. The lowest BCUT2D eigenvalue weighted by molar-refractivity contribution is 0.351. The third kappa shape index (κ3) is 2.49. The molecule has 2 aromatic rings. The lowest BCUT2D eigenvalue weighted by atomic mass is 10.0. The van der Waals surface area contributed by atoms with Crippen molar-refractivity contribution in [1.29, 1.82) is 0 Å². The topological polar surface area (TPSA) is 37.4 Å². The van der Waals surface area contributed by atoms with Gasteiger partial charge < -0.3 is 0 Å². The molecule has 0 radical (unpaired) electrons. The third-order valence-corrected chi connectivity index (χ3v) is 6.23. The Morgan fingerprint density at radius 2 is 1.68 bits per heavy atom. The quantitative estimate of drug-likeness (QED) is 0.844. The normalized spacial score (nSPS) is 19.2. The maximum atomic E-state index is 13.1. The summed E-state index contributed by atoms with van der Waals surface area (Å²) in [5.74, 6) is 0. The number of hydrogen-bond acceptors (Lipinski definition) is 2. The maximum absolute atomic E-state index is 13.1. The summed E-state index contributed by atoms with van der Waals surface area (Å²) in [5, 5.41) is 0. The Hall–Kier alpha value is -1.91. The van der Waals surface area contributed by atoms with E-state index in [0.29, 0.717) is 17.9 Å². The minimum absolute atomic E-state index is 0.204. The van der Waals surface area contributed by atoms with Gasteiger partial charge in [0, 0.05) is 12.6 Å². The second kappa shape index (κ2) is 5.71. The van der Waals surface area contributed by atoms with Gasteiger partial charge in [0.05, 0.1) is 4.90 Å². The van der Waals surface area contributed by atoms with E-state index < -0.39 is 10.0 Å². The number of rotatable bonds is 2. The zero-order valence-electron chi connectivity index (χ0n) is 12.6. The van der Waals surface area contributed by atoms with E-state index in [2.05, 4.69) is 6.58 Å². The molecule has 0 amide bonds. The highest BCUT2D eigenvalue weighted by Gasteiger charge is 2.34. The summed E-state index contributed by atoms with van der Waals surface area (Å²) in [4.78, 5) is 0.361. The van der Waals surface area contributed by atoms with Crippen LogP contribution in [0, 0.1) is 0 Å². The van der Waals surface area contributed by atoms with E-state index in [1.807, 2.05) is 49.4 Å². The lowest BCUT2D eigenvalue weighted by Gasteiger charge is -2.27. The maximum Gasteiger partial charge on any atom is 0.244 e. The van der Waals surface area contributed by atoms with Crippen LogP contribution in [0.15, 0.2) is 66.1 Å². The van der Waals surface area contributed by atoms with Crippen LogP contribution >= 0.6 is 0 Å². The monoisotopic (exact) mass is 313 g/mol. The fraction of sp³-hybridized carbons (Fsp3) is 0.222. The minimum atomic E-state index is -3.53.